The van der Waals surface area contributed by atoms with Gasteiger partial charge in [0.25, 0.3) is 0 Å². The highest BCUT2D eigenvalue weighted by Crippen LogP contribution is 2.28. The van der Waals surface area contributed by atoms with Gasteiger partial charge < -0.3 is 20.5 Å². The third kappa shape index (κ3) is 3.07. The van der Waals surface area contributed by atoms with E-state index >= 15 is 0 Å². The average molecular weight is 299 g/mol. The van der Waals surface area contributed by atoms with Crippen molar-refractivity contribution < 1.29 is 19.4 Å². The second-order valence-electron chi connectivity index (χ2n) is 4.96. The van der Waals surface area contributed by atoms with Crippen LogP contribution in [-0.4, -0.2) is 41.3 Å². The summed E-state index contributed by atoms with van der Waals surface area (Å²) in [6, 6.07) is -0.942. The summed E-state index contributed by atoms with van der Waals surface area (Å²) >= 11 is 1.50. The summed E-state index contributed by atoms with van der Waals surface area (Å²) in [5.74, 6) is -0.974. The molecule has 2 heterocycles. The van der Waals surface area contributed by atoms with Gasteiger partial charge >= 0.3 is 12.0 Å². The number of aliphatic carboxylic acids is 1. The highest BCUT2D eigenvalue weighted by molar-refractivity contribution is 7.11. The monoisotopic (exact) mass is 299 g/mol. The molecule has 1 fully saturated rings. The van der Waals surface area contributed by atoms with Gasteiger partial charge in [0.15, 0.2) is 0 Å². The van der Waals surface area contributed by atoms with Crippen LogP contribution in [0.1, 0.15) is 16.8 Å². The number of rotatable bonds is 4. The molecule has 20 heavy (non-hydrogen) atoms. The van der Waals surface area contributed by atoms with Crippen LogP contribution >= 0.6 is 11.3 Å². The fraction of sp³-hybridized carbons (Fsp3) is 0.583. The molecule has 2 unspecified atom stereocenters. The molecular formula is C12H17N3O4S. The van der Waals surface area contributed by atoms with Crippen molar-refractivity contribution in [3.8, 4) is 0 Å². The predicted molar refractivity (Wildman–Crippen MR) is 72.6 cm³/mol. The fourth-order valence-corrected chi connectivity index (χ4v) is 2.68. The van der Waals surface area contributed by atoms with E-state index in [0.717, 1.165) is 9.88 Å². The molecule has 1 aromatic heterocycles. The Bertz CT molecular complexity index is 519. The van der Waals surface area contributed by atoms with Gasteiger partial charge in [-0.05, 0) is 13.8 Å². The minimum atomic E-state index is -1.08. The lowest BCUT2D eigenvalue weighted by Gasteiger charge is -2.25. The number of hydrogen-bond donors (Lipinski definition) is 3. The molecule has 0 bridgehead atoms. The van der Waals surface area contributed by atoms with E-state index < -0.39 is 23.5 Å². The van der Waals surface area contributed by atoms with Gasteiger partial charge in [0.05, 0.1) is 30.8 Å². The Hall–Kier alpha value is -1.67. The van der Waals surface area contributed by atoms with Crippen molar-refractivity contribution in [2.24, 2.45) is 5.41 Å². The summed E-state index contributed by atoms with van der Waals surface area (Å²) in [6.45, 7) is 4.13. The zero-order valence-corrected chi connectivity index (χ0v) is 12.1. The first kappa shape index (κ1) is 14.7. The molecule has 0 aromatic carbocycles. The number of carbonyl (C=O) groups is 2. The molecule has 0 saturated carbocycles. The number of nitrogens with one attached hydrogen (secondary N) is 2. The van der Waals surface area contributed by atoms with E-state index in [4.69, 9.17) is 4.74 Å². The van der Waals surface area contributed by atoms with Crippen LogP contribution in [0.25, 0.3) is 0 Å². The van der Waals surface area contributed by atoms with E-state index in [1.54, 1.807) is 13.1 Å². The molecule has 1 aliphatic heterocycles. The summed E-state index contributed by atoms with van der Waals surface area (Å²) in [5, 5.41) is 15.5. The molecular weight excluding hydrogens is 282 g/mol. The Morgan fingerprint density at radius 1 is 1.65 bits per heavy atom. The lowest BCUT2D eigenvalue weighted by Crippen LogP contribution is -2.52. The topological polar surface area (TPSA) is 101 Å². The van der Waals surface area contributed by atoms with Crippen LogP contribution in [0, 0.1) is 12.3 Å². The Morgan fingerprint density at radius 3 is 3.00 bits per heavy atom. The molecule has 2 amide bonds. The number of nitrogens with zero attached hydrogens (tertiary/aromatic N) is 1. The van der Waals surface area contributed by atoms with Crippen molar-refractivity contribution in [3.05, 3.63) is 16.1 Å². The van der Waals surface area contributed by atoms with Gasteiger partial charge in [-0.2, -0.15) is 0 Å². The number of ether oxygens (including phenoxy) is 1. The maximum Gasteiger partial charge on any atom is 0.315 e. The van der Waals surface area contributed by atoms with Gasteiger partial charge in [-0.15, -0.1) is 11.3 Å². The van der Waals surface area contributed by atoms with Crippen LogP contribution in [0.3, 0.4) is 0 Å². The molecule has 0 spiro atoms. The summed E-state index contributed by atoms with van der Waals surface area (Å²) in [5.41, 5.74) is -1.08. The number of thiazole rings is 1. The van der Waals surface area contributed by atoms with Gasteiger partial charge in [-0.25, -0.2) is 9.78 Å². The van der Waals surface area contributed by atoms with E-state index in [-0.39, 0.29) is 13.2 Å². The van der Waals surface area contributed by atoms with Crippen LogP contribution in [0.15, 0.2) is 6.20 Å². The van der Waals surface area contributed by atoms with E-state index in [0.29, 0.717) is 6.54 Å². The summed E-state index contributed by atoms with van der Waals surface area (Å²) in [6.07, 6.45) is 1.71. The minimum Gasteiger partial charge on any atom is -0.481 e. The van der Waals surface area contributed by atoms with Crippen LogP contribution in [0.5, 0.6) is 0 Å². The van der Waals surface area contributed by atoms with Gasteiger partial charge in [0, 0.05) is 11.1 Å². The Morgan fingerprint density at radius 2 is 2.40 bits per heavy atom. The number of carbonyl (C=O) groups excluding carboxylic acids is 1. The Labute approximate surface area is 120 Å². The first-order chi connectivity index (χ1) is 9.41. The molecule has 7 nitrogen and oxygen atoms in total. The van der Waals surface area contributed by atoms with Crippen molar-refractivity contribution in [1.29, 1.82) is 0 Å². The highest BCUT2D eigenvalue weighted by atomic mass is 32.1. The number of carboxylic acids is 1. The molecule has 2 rings (SSSR count). The van der Waals surface area contributed by atoms with Gasteiger partial charge in [-0.3, -0.25) is 4.79 Å². The van der Waals surface area contributed by atoms with Crippen molar-refractivity contribution in [2.75, 3.05) is 13.2 Å². The predicted octanol–water partition coefficient (Wildman–Crippen LogP) is 0.740. The number of amides is 2. The maximum atomic E-state index is 11.8. The van der Waals surface area contributed by atoms with Gasteiger partial charge in [0.2, 0.25) is 0 Å². The molecule has 0 radical (unpaired) electrons. The van der Waals surface area contributed by atoms with Crippen LogP contribution in [0.4, 0.5) is 4.79 Å². The molecule has 1 aliphatic rings. The van der Waals surface area contributed by atoms with Crippen LogP contribution < -0.4 is 10.6 Å². The third-order valence-corrected chi connectivity index (χ3v) is 4.25. The average Bonchev–Trinajstić information content (AvgIpc) is 2.95. The van der Waals surface area contributed by atoms with E-state index in [1.165, 1.54) is 11.3 Å². The van der Waals surface area contributed by atoms with Crippen molar-refractivity contribution in [3.63, 3.8) is 0 Å². The smallest absolute Gasteiger partial charge is 0.315 e. The van der Waals surface area contributed by atoms with Gasteiger partial charge in [0.1, 0.15) is 5.41 Å². The number of aromatic nitrogens is 1. The summed E-state index contributed by atoms with van der Waals surface area (Å²) in [4.78, 5) is 28.1. The van der Waals surface area contributed by atoms with E-state index in [1.807, 2.05) is 6.92 Å². The highest BCUT2D eigenvalue weighted by Gasteiger charge is 2.47. The second kappa shape index (κ2) is 5.76. The van der Waals surface area contributed by atoms with Crippen molar-refractivity contribution in [1.82, 2.24) is 15.6 Å². The molecule has 3 N–H and O–H groups in total. The summed E-state index contributed by atoms with van der Waals surface area (Å²) < 4.78 is 5.17. The SMILES string of the molecule is Cc1ncc(CNC(=O)NC2COCC2(C)C(=O)O)s1. The number of carboxylic acid groups (broad SMARTS) is 1. The largest absolute Gasteiger partial charge is 0.481 e. The van der Waals surface area contributed by atoms with Crippen molar-refractivity contribution >= 4 is 23.3 Å². The van der Waals surface area contributed by atoms with Crippen LogP contribution in [-0.2, 0) is 16.1 Å². The van der Waals surface area contributed by atoms with Crippen molar-refractivity contribution in [2.45, 2.75) is 26.4 Å². The standard InChI is InChI=1S/C12H17N3O4S/c1-7-13-3-8(20-7)4-14-11(18)15-9-5-19-6-12(9,2)10(16)17/h3,9H,4-6H2,1-2H3,(H,16,17)(H2,14,15,18). The number of aryl methyl sites for hydroxylation is 1. The lowest BCUT2D eigenvalue weighted by atomic mass is 9.85. The Kier molecular flexibility index (Phi) is 4.24. The first-order valence-electron chi connectivity index (χ1n) is 6.18. The number of hydrogen-bond acceptors (Lipinski definition) is 5. The zero-order chi connectivity index (χ0) is 14.8. The van der Waals surface area contributed by atoms with E-state index in [9.17, 15) is 14.7 Å². The van der Waals surface area contributed by atoms with E-state index in [2.05, 4.69) is 15.6 Å². The third-order valence-electron chi connectivity index (χ3n) is 3.34. The molecule has 1 saturated heterocycles. The first-order valence-corrected chi connectivity index (χ1v) is 7.00. The van der Waals surface area contributed by atoms with Crippen LogP contribution in [0.2, 0.25) is 0 Å². The maximum absolute atomic E-state index is 11.8. The molecule has 2 atom stereocenters. The van der Waals surface area contributed by atoms with Gasteiger partial charge in [-0.1, -0.05) is 0 Å². The zero-order valence-electron chi connectivity index (χ0n) is 11.3. The summed E-state index contributed by atoms with van der Waals surface area (Å²) in [7, 11) is 0. The number of urea groups is 1. The minimum absolute atomic E-state index is 0.0985. The molecule has 110 valence electrons. The lowest BCUT2D eigenvalue weighted by molar-refractivity contribution is -0.148. The Balaban J connectivity index is 1.86. The molecule has 8 heteroatoms. The fourth-order valence-electron chi connectivity index (χ4n) is 1.95. The normalized spacial score (nSPS) is 25.4. The second-order valence-corrected chi connectivity index (χ2v) is 6.28. The molecule has 0 aliphatic carbocycles. The molecule has 1 aromatic rings. The quantitative estimate of drug-likeness (QED) is 0.761.